The van der Waals surface area contributed by atoms with Crippen LogP contribution in [0.15, 0.2) is 28.7 Å². The molecule has 0 aliphatic carbocycles. The number of hydrogen-bond acceptors (Lipinski definition) is 3. The van der Waals surface area contributed by atoms with E-state index >= 15 is 0 Å². The lowest BCUT2D eigenvalue weighted by molar-refractivity contribution is -0.133. The van der Waals surface area contributed by atoms with Gasteiger partial charge in [-0.05, 0) is 43.9 Å². The van der Waals surface area contributed by atoms with Crippen LogP contribution in [0, 0.1) is 0 Å². The van der Waals surface area contributed by atoms with Crippen LogP contribution < -0.4 is 5.73 Å². The quantitative estimate of drug-likeness (QED) is 0.752. The lowest BCUT2D eigenvalue weighted by Crippen LogP contribution is -2.41. The number of halogens is 1. The molecular formula is C17H25BrN2O2. The molecule has 1 aliphatic heterocycles. The first-order valence-corrected chi connectivity index (χ1v) is 8.83. The maximum Gasteiger partial charge on any atom is 0.222 e. The van der Waals surface area contributed by atoms with Gasteiger partial charge in [0.2, 0.25) is 5.91 Å². The fourth-order valence-corrected chi connectivity index (χ4v) is 3.19. The van der Waals surface area contributed by atoms with Crippen molar-refractivity contribution in [3.8, 4) is 0 Å². The molecule has 122 valence electrons. The minimum absolute atomic E-state index is 0.246. The van der Waals surface area contributed by atoms with Gasteiger partial charge in [-0.2, -0.15) is 0 Å². The molecule has 4 nitrogen and oxygen atoms in total. The van der Waals surface area contributed by atoms with Crippen molar-refractivity contribution >= 4 is 21.8 Å². The Morgan fingerprint density at radius 1 is 1.32 bits per heavy atom. The zero-order chi connectivity index (χ0) is 15.8. The van der Waals surface area contributed by atoms with Crippen LogP contribution in [0.25, 0.3) is 0 Å². The van der Waals surface area contributed by atoms with Gasteiger partial charge >= 0.3 is 0 Å². The summed E-state index contributed by atoms with van der Waals surface area (Å²) >= 11 is 3.53. The van der Waals surface area contributed by atoms with Gasteiger partial charge in [-0.3, -0.25) is 4.79 Å². The number of hydrogen-bond donors (Lipinski definition) is 1. The van der Waals surface area contributed by atoms with Gasteiger partial charge in [0.1, 0.15) is 0 Å². The number of amides is 1. The Labute approximate surface area is 141 Å². The van der Waals surface area contributed by atoms with Crippen LogP contribution in [0.5, 0.6) is 0 Å². The number of likely N-dealkylation sites (tertiary alicyclic amines) is 1. The van der Waals surface area contributed by atoms with E-state index in [0.29, 0.717) is 19.1 Å². The van der Waals surface area contributed by atoms with E-state index in [2.05, 4.69) is 22.0 Å². The van der Waals surface area contributed by atoms with Crippen LogP contribution in [0.1, 0.15) is 31.2 Å². The minimum atomic E-state index is 0.246. The van der Waals surface area contributed by atoms with E-state index in [0.717, 1.165) is 49.9 Å². The Balaban J connectivity index is 1.70. The van der Waals surface area contributed by atoms with Gasteiger partial charge in [0.05, 0.1) is 6.10 Å². The fraction of sp³-hybridized carbons (Fsp3) is 0.588. The topological polar surface area (TPSA) is 55.6 Å². The molecule has 0 atom stereocenters. The molecule has 2 rings (SSSR count). The van der Waals surface area contributed by atoms with Gasteiger partial charge in [-0.15, -0.1) is 0 Å². The van der Waals surface area contributed by atoms with Crippen molar-refractivity contribution in [2.24, 2.45) is 5.73 Å². The van der Waals surface area contributed by atoms with Crippen LogP contribution >= 0.6 is 15.9 Å². The van der Waals surface area contributed by atoms with E-state index in [1.807, 2.05) is 23.1 Å². The summed E-state index contributed by atoms with van der Waals surface area (Å²) in [5.74, 6) is 0.246. The van der Waals surface area contributed by atoms with Crippen LogP contribution in [-0.2, 0) is 16.0 Å². The number of aryl methyl sites for hydroxylation is 1. The van der Waals surface area contributed by atoms with Crippen LogP contribution in [0.4, 0.5) is 0 Å². The second-order valence-corrected chi connectivity index (χ2v) is 6.54. The number of nitrogens with two attached hydrogens (primary N) is 1. The molecule has 1 aromatic carbocycles. The highest BCUT2D eigenvalue weighted by Gasteiger charge is 2.22. The lowest BCUT2D eigenvalue weighted by atomic mass is 10.1. The second-order valence-electron chi connectivity index (χ2n) is 5.68. The molecule has 1 heterocycles. The Hall–Kier alpha value is -0.910. The number of nitrogens with zero attached hydrogens (tertiary/aromatic N) is 1. The number of benzene rings is 1. The third-order valence-electron chi connectivity index (χ3n) is 4.06. The van der Waals surface area contributed by atoms with Gasteiger partial charge in [-0.25, -0.2) is 0 Å². The van der Waals surface area contributed by atoms with Crippen LogP contribution in [0.3, 0.4) is 0 Å². The summed E-state index contributed by atoms with van der Waals surface area (Å²) in [5.41, 5.74) is 6.65. The average Bonchev–Trinajstić information content (AvgIpc) is 2.55. The molecule has 2 N–H and O–H groups in total. The Bertz CT molecular complexity index is 473. The number of rotatable bonds is 7. The fourth-order valence-electron chi connectivity index (χ4n) is 2.71. The zero-order valence-electron chi connectivity index (χ0n) is 13.0. The third kappa shape index (κ3) is 5.38. The van der Waals surface area contributed by atoms with Gasteiger partial charge in [0, 0.05) is 30.6 Å². The van der Waals surface area contributed by atoms with E-state index in [-0.39, 0.29) is 5.91 Å². The van der Waals surface area contributed by atoms with Crippen molar-refractivity contribution in [1.82, 2.24) is 4.90 Å². The highest BCUT2D eigenvalue weighted by molar-refractivity contribution is 9.10. The summed E-state index contributed by atoms with van der Waals surface area (Å²) in [6.45, 7) is 3.02. The summed E-state index contributed by atoms with van der Waals surface area (Å²) in [6, 6.07) is 8.08. The van der Waals surface area contributed by atoms with Gasteiger partial charge in [0.15, 0.2) is 0 Å². The molecule has 0 bridgehead atoms. The number of ether oxygens (including phenoxy) is 1. The van der Waals surface area contributed by atoms with E-state index in [1.165, 1.54) is 5.56 Å². The highest BCUT2D eigenvalue weighted by atomic mass is 79.9. The van der Waals surface area contributed by atoms with Crippen molar-refractivity contribution in [3.05, 3.63) is 34.3 Å². The molecule has 0 aromatic heterocycles. The third-order valence-corrected chi connectivity index (χ3v) is 4.84. The summed E-state index contributed by atoms with van der Waals surface area (Å²) in [6.07, 6.45) is 4.43. The molecule has 1 amide bonds. The van der Waals surface area contributed by atoms with Crippen molar-refractivity contribution in [3.63, 3.8) is 0 Å². The number of piperidine rings is 1. The van der Waals surface area contributed by atoms with E-state index in [4.69, 9.17) is 10.5 Å². The SMILES string of the molecule is NCCCOC1CCN(C(=O)CCc2ccccc2Br)CC1. The summed E-state index contributed by atoms with van der Waals surface area (Å²) in [4.78, 5) is 14.3. The van der Waals surface area contributed by atoms with E-state index in [1.54, 1.807) is 0 Å². The molecule has 1 fully saturated rings. The Morgan fingerprint density at radius 3 is 2.73 bits per heavy atom. The van der Waals surface area contributed by atoms with Crippen LogP contribution in [-0.4, -0.2) is 43.2 Å². The summed E-state index contributed by atoms with van der Waals surface area (Å²) < 4.78 is 6.85. The molecule has 0 spiro atoms. The number of carbonyl (C=O) groups excluding carboxylic acids is 1. The largest absolute Gasteiger partial charge is 0.378 e. The second kappa shape index (κ2) is 9.28. The monoisotopic (exact) mass is 368 g/mol. The Morgan fingerprint density at radius 2 is 2.05 bits per heavy atom. The van der Waals surface area contributed by atoms with Crippen molar-refractivity contribution in [2.75, 3.05) is 26.2 Å². The van der Waals surface area contributed by atoms with Gasteiger partial charge in [0.25, 0.3) is 0 Å². The first kappa shape index (κ1) is 17.4. The minimum Gasteiger partial charge on any atom is -0.378 e. The zero-order valence-corrected chi connectivity index (χ0v) is 14.6. The van der Waals surface area contributed by atoms with Gasteiger partial charge in [-0.1, -0.05) is 34.1 Å². The first-order valence-electron chi connectivity index (χ1n) is 8.03. The molecule has 22 heavy (non-hydrogen) atoms. The molecular weight excluding hydrogens is 344 g/mol. The molecule has 1 aromatic rings. The number of carbonyl (C=O) groups is 1. The molecule has 0 saturated carbocycles. The molecule has 5 heteroatoms. The summed E-state index contributed by atoms with van der Waals surface area (Å²) in [7, 11) is 0. The maximum absolute atomic E-state index is 12.3. The van der Waals surface area contributed by atoms with Crippen molar-refractivity contribution < 1.29 is 9.53 Å². The van der Waals surface area contributed by atoms with E-state index in [9.17, 15) is 4.79 Å². The lowest BCUT2D eigenvalue weighted by Gasteiger charge is -2.32. The molecule has 0 radical (unpaired) electrons. The standard InChI is InChI=1S/C17H25BrN2O2/c18-16-5-2-1-4-14(16)6-7-17(21)20-11-8-15(9-12-20)22-13-3-10-19/h1-2,4-5,15H,3,6-13,19H2. The highest BCUT2D eigenvalue weighted by Crippen LogP contribution is 2.19. The smallest absolute Gasteiger partial charge is 0.222 e. The molecule has 0 unspecified atom stereocenters. The first-order chi connectivity index (χ1) is 10.7. The average molecular weight is 369 g/mol. The predicted molar refractivity (Wildman–Crippen MR) is 91.7 cm³/mol. The molecule has 1 aliphatic rings. The van der Waals surface area contributed by atoms with Crippen LogP contribution in [0.2, 0.25) is 0 Å². The molecule has 1 saturated heterocycles. The Kier molecular flexibility index (Phi) is 7.36. The normalized spacial score (nSPS) is 16.0. The van der Waals surface area contributed by atoms with Crippen molar-refractivity contribution in [2.45, 2.75) is 38.2 Å². The summed E-state index contributed by atoms with van der Waals surface area (Å²) in [5, 5.41) is 0. The van der Waals surface area contributed by atoms with E-state index < -0.39 is 0 Å². The predicted octanol–water partition coefficient (Wildman–Crippen LogP) is 2.74. The van der Waals surface area contributed by atoms with Gasteiger partial charge < -0.3 is 15.4 Å². The van der Waals surface area contributed by atoms with Crippen molar-refractivity contribution in [1.29, 1.82) is 0 Å². The maximum atomic E-state index is 12.3.